The summed E-state index contributed by atoms with van der Waals surface area (Å²) < 4.78 is 17.3. The Bertz CT molecular complexity index is 1580. The minimum Gasteiger partial charge on any atom is -0.493 e. The van der Waals surface area contributed by atoms with Crippen LogP contribution in [0.1, 0.15) is 47.2 Å². The molecule has 3 heterocycles. The molecule has 0 radical (unpaired) electrons. The van der Waals surface area contributed by atoms with E-state index in [4.69, 9.17) is 19.2 Å². The second kappa shape index (κ2) is 16.1. The summed E-state index contributed by atoms with van der Waals surface area (Å²) in [6, 6.07) is 23.0. The SMILES string of the molecule is COc1cc(/C=C2\SC(=Nc3ccccc3)N(CCCN3CCOCC3)C2=O)ccc1OCc1ccc(C(=O)N2CCCCC2)cc1. The Morgan fingerprint density at radius 3 is 2.43 bits per heavy atom. The second-order valence-electron chi connectivity index (χ2n) is 11.9. The molecule has 0 spiro atoms. The Morgan fingerprint density at radius 2 is 1.68 bits per heavy atom. The summed E-state index contributed by atoms with van der Waals surface area (Å²) in [5.41, 5.74) is 3.31. The molecule has 0 atom stereocenters. The highest BCUT2D eigenvalue weighted by Gasteiger charge is 2.33. The van der Waals surface area contributed by atoms with Crippen molar-refractivity contribution in [3.63, 3.8) is 0 Å². The third-order valence-electron chi connectivity index (χ3n) is 8.55. The quantitative estimate of drug-likeness (QED) is 0.227. The van der Waals surface area contributed by atoms with Crippen molar-refractivity contribution < 1.29 is 23.8 Å². The number of hydrogen-bond donors (Lipinski definition) is 0. The molecule has 10 heteroatoms. The highest BCUT2D eigenvalue weighted by atomic mass is 32.2. The fraction of sp³-hybridized carbons (Fsp3) is 0.378. The number of nitrogens with zero attached hydrogens (tertiary/aromatic N) is 4. The topological polar surface area (TPSA) is 83.9 Å². The molecule has 3 fully saturated rings. The van der Waals surface area contributed by atoms with Crippen molar-refractivity contribution in [3.8, 4) is 11.5 Å². The van der Waals surface area contributed by atoms with E-state index in [0.29, 0.717) is 40.3 Å². The fourth-order valence-corrected chi connectivity index (χ4v) is 6.93. The maximum Gasteiger partial charge on any atom is 0.266 e. The summed E-state index contributed by atoms with van der Waals surface area (Å²) in [5.74, 6) is 1.22. The van der Waals surface area contributed by atoms with Gasteiger partial charge in [-0.05, 0) is 91.0 Å². The predicted molar refractivity (Wildman–Crippen MR) is 186 cm³/mol. The molecule has 3 aliphatic rings. The maximum atomic E-state index is 13.7. The largest absolute Gasteiger partial charge is 0.493 e. The zero-order valence-electron chi connectivity index (χ0n) is 26.9. The molecular formula is C37H42N4O5S. The second-order valence-corrected chi connectivity index (χ2v) is 12.9. The first kappa shape index (κ1) is 32.8. The van der Waals surface area contributed by atoms with Crippen molar-refractivity contribution in [3.05, 3.63) is 94.4 Å². The van der Waals surface area contributed by atoms with Crippen molar-refractivity contribution in [2.75, 3.05) is 59.6 Å². The molecule has 2 amide bonds. The number of likely N-dealkylation sites (tertiary alicyclic amines) is 1. The van der Waals surface area contributed by atoms with Gasteiger partial charge in [0.2, 0.25) is 0 Å². The summed E-state index contributed by atoms with van der Waals surface area (Å²) in [4.78, 5) is 38.0. The van der Waals surface area contributed by atoms with E-state index in [1.165, 1.54) is 18.2 Å². The zero-order chi connectivity index (χ0) is 32.4. The first-order valence-electron chi connectivity index (χ1n) is 16.4. The molecule has 0 aromatic heterocycles. The summed E-state index contributed by atoms with van der Waals surface area (Å²) in [6.07, 6.45) is 6.08. The van der Waals surface area contributed by atoms with Crippen molar-refractivity contribution in [2.24, 2.45) is 4.99 Å². The number of methoxy groups -OCH3 is 1. The maximum absolute atomic E-state index is 13.7. The van der Waals surface area contributed by atoms with Crippen LogP contribution in [0.2, 0.25) is 0 Å². The Balaban J connectivity index is 1.12. The number of aliphatic imine (C=N–C) groups is 1. The van der Waals surface area contributed by atoms with Crippen LogP contribution in [-0.4, -0.2) is 91.3 Å². The van der Waals surface area contributed by atoms with Crippen LogP contribution in [0.4, 0.5) is 5.69 Å². The van der Waals surface area contributed by atoms with Gasteiger partial charge >= 0.3 is 0 Å². The predicted octanol–water partition coefficient (Wildman–Crippen LogP) is 6.23. The van der Waals surface area contributed by atoms with Gasteiger partial charge in [-0.15, -0.1) is 0 Å². The smallest absolute Gasteiger partial charge is 0.266 e. The van der Waals surface area contributed by atoms with Gasteiger partial charge in [-0.2, -0.15) is 0 Å². The lowest BCUT2D eigenvalue weighted by atomic mass is 10.1. The number of para-hydroxylation sites is 1. The van der Waals surface area contributed by atoms with Crippen molar-refractivity contribution in [1.82, 2.24) is 14.7 Å². The molecule has 246 valence electrons. The Morgan fingerprint density at radius 1 is 0.915 bits per heavy atom. The van der Waals surface area contributed by atoms with Gasteiger partial charge in [-0.3, -0.25) is 19.4 Å². The molecule has 0 unspecified atom stereocenters. The highest BCUT2D eigenvalue weighted by molar-refractivity contribution is 8.18. The summed E-state index contributed by atoms with van der Waals surface area (Å²) in [6.45, 7) is 6.87. The molecule has 3 aliphatic heterocycles. The minimum atomic E-state index is -0.0480. The van der Waals surface area contributed by atoms with Crippen LogP contribution in [0, 0.1) is 0 Å². The number of hydrogen-bond acceptors (Lipinski definition) is 8. The van der Waals surface area contributed by atoms with E-state index >= 15 is 0 Å². The molecule has 3 saturated heterocycles. The van der Waals surface area contributed by atoms with Crippen molar-refractivity contribution >= 4 is 40.5 Å². The molecular weight excluding hydrogens is 612 g/mol. The molecule has 0 aliphatic carbocycles. The van der Waals surface area contributed by atoms with Crippen molar-refractivity contribution in [2.45, 2.75) is 32.3 Å². The lowest BCUT2D eigenvalue weighted by Gasteiger charge is -2.27. The fourth-order valence-electron chi connectivity index (χ4n) is 5.91. The number of carbonyl (C=O) groups excluding carboxylic acids is 2. The van der Waals surface area contributed by atoms with E-state index < -0.39 is 0 Å². The molecule has 0 saturated carbocycles. The molecule has 9 nitrogen and oxygen atoms in total. The van der Waals surface area contributed by atoms with E-state index in [9.17, 15) is 9.59 Å². The average molecular weight is 655 g/mol. The van der Waals surface area contributed by atoms with Gasteiger partial charge in [0, 0.05) is 44.8 Å². The standard InChI is InChI=1S/C37H42N4O5S/c1-44-33-25-29(13-16-32(33)46-27-28-11-14-30(15-12-28)35(42)40-18-6-3-7-19-40)26-34-36(43)41(20-8-17-39-21-23-45-24-22-39)37(47-34)38-31-9-4-2-5-10-31/h2,4-5,9-16,25-26H,3,6-8,17-24,27H2,1H3/b34-26-,38-37?. The lowest BCUT2D eigenvalue weighted by molar-refractivity contribution is -0.122. The average Bonchev–Trinajstić information content (AvgIpc) is 3.41. The van der Waals surface area contributed by atoms with Gasteiger partial charge in [-0.25, -0.2) is 4.99 Å². The van der Waals surface area contributed by atoms with Crippen LogP contribution in [0.3, 0.4) is 0 Å². The first-order valence-corrected chi connectivity index (χ1v) is 17.2. The molecule has 3 aromatic carbocycles. The van der Waals surface area contributed by atoms with E-state index in [1.54, 1.807) is 12.0 Å². The monoisotopic (exact) mass is 654 g/mol. The number of rotatable bonds is 11. The van der Waals surface area contributed by atoms with Crippen LogP contribution >= 0.6 is 11.8 Å². The molecule has 0 bridgehead atoms. The molecule has 6 rings (SSSR count). The van der Waals surface area contributed by atoms with Crippen LogP contribution in [0.15, 0.2) is 82.7 Å². The summed E-state index contributed by atoms with van der Waals surface area (Å²) in [7, 11) is 1.61. The Hall–Kier alpha value is -4.12. The van der Waals surface area contributed by atoms with Gasteiger partial charge in [0.25, 0.3) is 11.8 Å². The normalized spacial score (nSPS) is 19.0. The molecule has 47 heavy (non-hydrogen) atoms. The third kappa shape index (κ3) is 8.62. The number of carbonyl (C=O) groups is 2. The first-order chi connectivity index (χ1) is 23.1. The van der Waals surface area contributed by atoms with Crippen LogP contribution in [0.25, 0.3) is 6.08 Å². The number of morpholine rings is 1. The van der Waals surface area contributed by atoms with Gasteiger partial charge in [0.1, 0.15) is 6.61 Å². The summed E-state index contributed by atoms with van der Waals surface area (Å²) in [5, 5.41) is 0.685. The van der Waals surface area contributed by atoms with E-state index in [0.717, 1.165) is 82.0 Å². The number of amides is 2. The van der Waals surface area contributed by atoms with E-state index in [2.05, 4.69) is 4.90 Å². The molecule has 3 aromatic rings. The van der Waals surface area contributed by atoms with E-state index in [1.807, 2.05) is 83.8 Å². The zero-order valence-corrected chi connectivity index (χ0v) is 27.8. The number of amidine groups is 1. The third-order valence-corrected chi connectivity index (χ3v) is 9.56. The Labute approximate surface area is 281 Å². The Kier molecular flexibility index (Phi) is 11.3. The van der Waals surface area contributed by atoms with E-state index in [-0.39, 0.29) is 11.8 Å². The number of ether oxygens (including phenoxy) is 3. The summed E-state index contributed by atoms with van der Waals surface area (Å²) >= 11 is 1.39. The minimum absolute atomic E-state index is 0.0480. The molecule has 0 N–H and O–H groups in total. The van der Waals surface area contributed by atoms with Crippen molar-refractivity contribution in [1.29, 1.82) is 0 Å². The van der Waals surface area contributed by atoms with Gasteiger partial charge in [-0.1, -0.05) is 36.4 Å². The van der Waals surface area contributed by atoms with Crippen LogP contribution in [0.5, 0.6) is 11.5 Å². The number of thioether (sulfide) groups is 1. The van der Waals surface area contributed by atoms with Gasteiger partial charge in [0.15, 0.2) is 16.7 Å². The lowest BCUT2D eigenvalue weighted by Crippen LogP contribution is -2.38. The van der Waals surface area contributed by atoms with Gasteiger partial charge in [0.05, 0.1) is 30.9 Å². The number of piperidine rings is 1. The number of benzene rings is 3. The van der Waals surface area contributed by atoms with Crippen LogP contribution in [-0.2, 0) is 16.1 Å². The van der Waals surface area contributed by atoms with Crippen LogP contribution < -0.4 is 9.47 Å². The van der Waals surface area contributed by atoms with Gasteiger partial charge < -0.3 is 19.1 Å². The highest BCUT2D eigenvalue weighted by Crippen LogP contribution is 2.36.